The lowest BCUT2D eigenvalue weighted by Crippen LogP contribution is -2.31. The number of anilines is 1. The Morgan fingerprint density at radius 2 is 1.88 bits per heavy atom. The Balaban J connectivity index is 1.87. The fourth-order valence-electron chi connectivity index (χ4n) is 2.51. The first kappa shape index (κ1) is 19.7. The smallest absolute Gasteiger partial charge is 0.238 e. The zero-order valence-corrected chi connectivity index (χ0v) is 15.7. The Kier molecular flexibility index (Phi) is 7.89. The van der Waals surface area contributed by atoms with Crippen LogP contribution in [0.25, 0.3) is 0 Å². The lowest BCUT2D eigenvalue weighted by atomic mass is 10.2. The third kappa shape index (κ3) is 6.37. The van der Waals surface area contributed by atoms with Gasteiger partial charge in [0, 0.05) is 36.6 Å². The molecular weight excluding hydrogens is 330 g/mol. The molecule has 0 unspecified atom stereocenters. The summed E-state index contributed by atoms with van der Waals surface area (Å²) in [5.41, 5.74) is 1.72. The molecule has 2 rings (SSSR count). The highest BCUT2D eigenvalue weighted by Crippen LogP contribution is 2.30. The van der Waals surface area contributed by atoms with Gasteiger partial charge in [0.2, 0.25) is 5.91 Å². The van der Waals surface area contributed by atoms with Gasteiger partial charge in [0.15, 0.2) is 11.5 Å². The second kappa shape index (κ2) is 10.4. The molecule has 1 N–H and O–H groups in total. The molecule has 0 aliphatic rings. The van der Waals surface area contributed by atoms with Crippen molar-refractivity contribution in [3.05, 3.63) is 48.3 Å². The van der Waals surface area contributed by atoms with E-state index in [4.69, 9.17) is 9.47 Å². The minimum absolute atomic E-state index is 0.0693. The van der Waals surface area contributed by atoms with Crippen molar-refractivity contribution < 1.29 is 14.3 Å². The maximum absolute atomic E-state index is 12.3. The van der Waals surface area contributed by atoms with Crippen LogP contribution < -0.4 is 14.8 Å². The van der Waals surface area contributed by atoms with Gasteiger partial charge in [0.25, 0.3) is 0 Å². The van der Waals surface area contributed by atoms with Gasteiger partial charge in [-0.15, -0.1) is 0 Å². The number of nitrogens with one attached hydrogen (secondary N) is 1. The molecule has 0 bridgehead atoms. The van der Waals surface area contributed by atoms with Gasteiger partial charge < -0.3 is 14.8 Å². The minimum atomic E-state index is -0.0693. The molecule has 1 heterocycles. The number of ether oxygens (including phenoxy) is 2. The summed E-state index contributed by atoms with van der Waals surface area (Å²) in [6.07, 6.45) is 2.59. The van der Waals surface area contributed by atoms with Gasteiger partial charge in [-0.2, -0.15) is 0 Å². The Morgan fingerprint density at radius 1 is 1.12 bits per heavy atom. The fraction of sp³-hybridized carbons (Fsp3) is 0.400. The van der Waals surface area contributed by atoms with Crippen LogP contribution in [0.15, 0.2) is 42.6 Å². The zero-order chi connectivity index (χ0) is 18.8. The number of carbonyl (C=O) groups excluding carboxylic acids is 1. The molecule has 0 saturated heterocycles. The van der Waals surface area contributed by atoms with Crippen LogP contribution in [-0.4, -0.2) is 49.1 Å². The minimum Gasteiger partial charge on any atom is -0.490 e. The number of pyridine rings is 1. The van der Waals surface area contributed by atoms with Crippen LogP contribution in [0.5, 0.6) is 11.5 Å². The molecule has 0 aliphatic carbocycles. The monoisotopic (exact) mass is 357 g/mol. The van der Waals surface area contributed by atoms with E-state index in [1.54, 1.807) is 12.3 Å². The summed E-state index contributed by atoms with van der Waals surface area (Å²) in [6.45, 7) is 6.01. The molecule has 1 amide bonds. The topological polar surface area (TPSA) is 63.7 Å². The van der Waals surface area contributed by atoms with E-state index in [0.717, 1.165) is 18.7 Å². The van der Waals surface area contributed by atoms with Crippen LogP contribution in [0, 0.1) is 0 Å². The number of benzene rings is 1. The molecule has 0 aliphatic heterocycles. The van der Waals surface area contributed by atoms with Gasteiger partial charge in [-0.1, -0.05) is 6.07 Å². The van der Waals surface area contributed by atoms with Gasteiger partial charge >= 0.3 is 0 Å². The van der Waals surface area contributed by atoms with E-state index in [9.17, 15) is 4.79 Å². The van der Waals surface area contributed by atoms with E-state index < -0.39 is 0 Å². The molecule has 0 fully saturated rings. The largest absolute Gasteiger partial charge is 0.490 e. The molecule has 26 heavy (non-hydrogen) atoms. The predicted molar refractivity (Wildman–Crippen MR) is 103 cm³/mol. The summed E-state index contributed by atoms with van der Waals surface area (Å²) >= 11 is 0. The van der Waals surface area contributed by atoms with E-state index >= 15 is 0 Å². The molecule has 140 valence electrons. The van der Waals surface area contributed by atoms with Crippen LogP contribution in [-0.2, 0) is 11.2 Å². The fourth-order valence-corrected chi connectivity index (χ4v) is 2.51. The molecule has 0 saturated carbocycles. The average Bonchev–Trinajstić information content (AvgIpc) is 2.63. The van der Waals surface area contributed by atoms with Crippen molar-refractivity contribution >= 4 is 11.6 Å². The Morgan fingerprint density at radius 3 is 2.58 bits per heavy atom. The summed E-state index contributed by atoms with van der Waals surface area (Å²) in [7, 11) is 1.92. The number of nitrogens with zero attached hydrogens (tertiary/aromatic N) is 2. The van der Waals surface area contributed by atoms with E-state index in [-0.39, 0.29) is 5.91 Å². The standard InChI is InChI=1S/C20H27N3O3/c1-4-25-18-10-9-17(14-19(18)26-5-2)22-20(24)15-23(3)13-11-16-8-6-7-12-21-16/h6-10,12,14H,4-5,11,13,15H2,1-3H3,(H,22,24). The van der Waals surface area contributed by atoms with Gasteiger partial charge in [0.05, 0.1) is 19.8 Å². The van der Waals surface area contributed by atoms with Crippen molar-refractivity contribution in [2.75, 3.05) is 38.7 Å². The SMILES string of the molecule is CCOc1ccc(NC(=O)CN(C)CCc2ccccn2)cc1OCC. The summed E-state index contributed by atoms with van der Waals surface area (Å²) in [4.78, 5) is 18.5. The van der Waals surface area contributed by atoms with Crippen LogP contribution in [0.4, 0.5) is 5.69 Å². The number of amides is 1. The number of hydrogen-bond acceptors (Lipinski definition) is 5. The van der Waals surface area contributed by atoms with Crippen molar-refractivity contribution in [1.29, 1.82) is 0 Å². The first-order chi connectivity index (χ1) is 12.6. The van der Waals surface area contributed by atoms with Gasteiger partial charge in [-0.3, -0.25) is 14.7 Å². The first-order valence-electron chi connectivity index (χ1n) is 8.90. The summed E-state index contributed by atoms with van der Waals surface area (Å²) in [5.74, 6) is 1.25. The molecule has 0 atom stereocenters. The Labute approximate surface area is 155 Å². The normalized spacial score (nSPS) is 10.6. The lowest BCUT2D eigenvalue weighted by Gasteiger charge is -2.17. The van der Waals surface area contributed by atoms with Crippen LogP contribution in [0.1, 0.15) is 19.5 Å². The van der Waals surface area contributed by atoms with E-state index in [1.807, 2.05) is 56.1 Å². The summed E-state index contributed by atoms with van der Waals surface area (Å²) in [6, 6.07) is 11.3. The molecule has 1 aromatic heterocycles. The number of carbonyl (C=O) groups is 1. The second-order valence-corrected chi connectivity index (χ2v) is 5.88. The number of likely N-dealkylation sites (N-methyl/N-ethyl adjacent to an activating group) is 1. The molecule has 2 aromatic rings. The maximum atomic E-state index is 12.3. The predicted octanol–water partition coefficient (Wildman–Crippen LogP) is 2.99. The van der Waals surface area contributed by atoms with Crippen molar-refractivity contribution in [2.24, 2.45) is 0 Å². The van der Waals surface area contributed by atoms with E-state index in [2.05, 4.69) is 10.3 Å². The molecule has 6 heteroatoms. The van der Waals surface area contributed by atoms with Crippen molar-refractivity contribution in [1.82, 2.24) is 9.88 Å². The van der Waals surface area contributed by atoms with Crippen LogP contribution in [0.2, 0.25) is 0 Å². The second-order valence-electron chi connectivity index (χ2n) is 5.88. The summed E-state index contributed by atoms with van der Waals surface area (Å²) < 4.78 is 11.1. The third-order valence-corrected chi connectivity index (χ3v) is 3.72. The Bertz CT molecular complexity index is 692. The van der Waals surface area contributed by atoms with E-state index in [0.29, 0.717) is 36.9 Å². The number of rotatable bonds is 10. The number of aromatic nitrogens is 1. The van der Waals surface area contributed by atoms with Crippen LogP contribution >= 0.6 is 0 Å². The van der Waals surface area contributed by atoms with Crippen molar-refractivity contribution in [3.8, 4) is 11.5 Å². The maximum Gasteiger partial charge on any atom is 0.238 e. The highest BCUT2D eigenvalue weighted by molar-refractivity contribution is 5.92. The van der Waals surface area contributed by atoms with Gasteiger partial charge in [-0.25, -0.2) is 0 Å². The van der Waals surface area contributed by atoms with Crippen molar-refractivity contribution in [3.63, 3.8) is 0 Å². The van der Waals surface area contributed by atoms with E-state index in [1.165, 1.54) is 0 Å². The number of hydrogen-bond donors (Lipinski definition) is 1. The van der Waals surface area contributed by atoms with Gasteiger partial charge in [-0.05, 0) is 45.2 Å². The quantitative estimate of drug-likeness (QED) is 0.708. The van der Waals surface area contributed by atoms with Gasteiger partial charge in [0.1, 0.15) is 0 Å². The molecule has 0 spiro atoms. The molecular formula is C20H27N3O3. The van der Waals surface area contributed by atoms with Crippen LogP contribution in [0.3, 0.4) is 0 Å². The molecule has 0 radical (unpaired) electrons. The van der Waals surface area contributed by atoms with Crippen molar-refractivity contribution in [2.45, 2.75) is 20.3 Å². The average molecular weight is 357 g/mol. The Hall–Kier alpha value is -2.60. The lowest BCUT2D eigenvalue weighted by molar-refractivity contribution is -0.117. The highest BCUT2D eigenvalue weighted by Gasteiger charge is 2.10. The first-order valence-corrected chi connectivity index (χ1v) is 8.90. The zero-order valence-electron chi connectivity index (χ0n) is 15.7. The highest BCUT2D eigenvalue weighted by atomic mass is 16.5. The summed E-state index contributed by atoms with van der Waals surface area (Å²) in [5, 5.41) is 2.91. The molecule has 1 aromatic carbocycles. The molecule has 6 nitrogen and oxygen atoms in total. The third-order valence-electron chi connectivity index (χ3n) is 3.72.